The van der Waals surface area contributed by atoms with Crippen LogP contribution < -0.4 is 0 Å². The number of allylic oxidation sites excluding steroid dienone is 1. The first-order valence-electron chi connectivity index (χ1n) is 7.65. The number of ketones is 1. The van der Waals surface area contributed by atoms with Crippen molar-refractivity contribution in [1.82, 2.24) is 0 Å². The van der Waals surface area contributed by atoms with Crippen LogP contribution in [0.3, 0.4) is 0 Å². The van der Waals surface area contributed by atoms with E-state index in [-0.39, 0.29) is 5.41 Å². The molecule has 0 radical (unpaired) electrons. The Morgan fingerprint density at radius 1 is 1.22 bits per heavy atom. The summed E-state index contributed by atoms with van der Waals surface area (Å²) in [7, 11) is 0. The minimum Gasteiger partial charge on any atom is -0.299 e. The van der Waals surface area contributed by atoms with Gasteiger partial charge in [0.25, 0.3) is 0 Å². The van der Waals surface area contributed by atoms with Crippen molar-refractivity contribution >= 4 is 5.78 Å². The van der Waals surface area contributed by atoms with E-state index in [1.807, 2.05) is 0 Å². The van der Waals surface area contributed by atoms with Gasteiger partial charge in [0, 0.05) is 11.8 Å². The molecule has 1 heteroatoms. The molecule has 18 heavy (non-hydrogen) atoms. The van der Waals surface area contributed by atoms with Gasteiger partial charge in [-0.1, -0.05) is 26.0 Å². The van der Waals surface area contributed by atoms with Gasteiger partial charge in [-0.05, 0) is 62.2 Å². The molecule has 1 nitrogen and oxygen atoms in total. The van der Waals surface area contributed by atoms with Crippen LogP contribution in [0.2, 0.25) is 0 Å². The van der Waals surface area contributed by atoms with Crippen LogP contribution in [0.5, 0.6) is 0 Å². The number of carbonyl (C=O) groups excluding carboxylic acids is 1. The van der Waals surface area contributed by atoms with E-state index in [9.17, 15) is 4.79 Å². The number of rotatable bonds is 4. The molecular weight excluding hydrogens is 220 g/mol. The zero-order valence-corrected chi connectivity index (χ0v) is 11.9. The van der Waals surface area contributed by atoms with Crippen LogP contribution in [0.1, 0.15) is 65.2 Å². The summed E-state index contributed by atoms with van der Waals surface area (Å²) in [5.74, 6) is 2.21. The van der Waals surface area contributed by atoms with E-state index in [2.05, 4.69) is 20.4 Å². The third-order valence-electron chi connectivity index (χ3n) is 5.86. The smallest absolute Gasteiger partial charge is 0.143 e. The molecule has 0 heterocycles. The maximum atomic E-state index is 12.7. The van der Waals surface area contributed by atoms with Gasteiger partial charge >= 0.3 is 0 Å². The van der Waals surface area contributed by atoms with Crippen LogP contribution in [0.25, 0.3) is 0 Å². The summed E-state index contributed by atoms with van der Waals surface area (Å²) in [6, 6.07) is 0. The molecule has 0 spiro atoms. The molecule has 4 bridgehead atoms. The number of hydrogen-bond acceptors (Lipinski definition) is 1. The summed E-state index contributed by atoms with van der Waals surface area (Å²) < 4.78 is 0. The fourth-order valence-electron chi connectivity index (χ4n) is 5.59. The van der Waals surface area contributed by atoms with E-state index in [0.29, 0.717) is 17.6 Å². The molecule has 4 rings (SSSR count). The fourth-order valence-corrected chi connectivity index (χ4v) is 5.59. The van der Waals surface area contributed by atoms with Gasteiger partial charge in [-0.2, -0.15) is 0 Å². The lowest BCUT2D eigenvalue weighted by Gasteiger charge is -2.60. The molecule has 4 aliphatic rings. The van der Waals surface area contributed by atoms with E-state index in [1.165, 1.54) is 38.5 Å². The Bertz CT molecular complexity index is 378. The van der Waals surface area contributed by atoms with Crippen LogP contribution >= 0.6 is 0 Å². The van der Waals surface area contributed by atoms with Crippen molar-refractivity contribution in [1.29, 1.82) is 0 Å². The Hall–Kier alpha value is -0.590. The first kappa shape index (κ1) is 12.4. The van der Waals surface area contributed by atoms with Crippen LogP contribution in [0, 0.1) is 22.7 Å². The zero-order chi connectivity index (χ0) is 13.0. The zero-order valence-electron chi connectivity index (χ0n) is 11.9. The largest absolute Gasteiger partial charge is 0.299 e. The molecule has 0 saturated heterocycles. The van der Waals surface area contributed by atoms with Crippen LogP contribution in [-0.2, 0) is 4.79 Å². The molecule has 0 amide bonds. The molecule has 0 N–H and O–H groups in total. The predicted octanol–water partition coefficient (Wildman–Crippen LogP) is 4.52. The molecule has 4 fully saturated rings. The van der Waals surface area contributed by atoms with E-state index in [0.717, 1.165) is 23.8 Å². The van der Waals surface area contributed by atoms with Gasteiger partial charge < -0.3 is 0 Å². The number of carbonyl (C=O) groups is 1. The summed E-state index contributed by atoms with van der Waals surface area (Å²) in [6.45, 7) is 8.58. The van der Waals surface area contributed by atoms with Crippen molar-refractivity contribution in [2.45, 2.75) is 65.2 Å². The van der Waals surface area contributed by atoms with E-state index < -0.39 is 0 Å². The lowest BCUT2D eigenvalue weighted by atomic mass is 9.43. The minimum absolute atomic E-state index is 0.0525. The monoisotopic (exact) mass is 246 g/mol. The standard InChI is InChI=1S/C17H26O/c1-4-12(2)5-15(18)17-9-13-6-14(10-17)8-16(3,7-13)11-17/h13-14H,2,4-11H2,1,3H3. The van der Waals surface area contributed by atoms with Crippen molar-refractivity contribution in [2.24, 2.45) is 22.7 Å². The maximum absolute atomic E-state index is 12.7. The quantitative estimate of drug-likeness (QED) is 0.667. The molecular formula is C17H26O. The van der Waals surface area contributed by atoms with Gasteiger partial charge in [0.2, 0.25) is 0 Å². The lowest BCUT2D eigenvalue weighted by molar-refractivity contribution is -0.152. The van der Waals surface area contributed by atoms with Crippen molar-refractivity contribution in [2.75, 3.05) is 0 Å². The lowest BCUT2D eigenvalue weighted by Crippen LogP contribution is -2.54. The van der Waals surface area contributed by atoms with Gasteiger partial charge in [0.15, 0.2) is 0 Å². The van der Waals surface area contributed by atoms with Gasteiger partial charge in [0.1, 0.15) is 5.78 Å². The summed E-state index contributed by atoms with van der Waals surface area (Å²) in [6.07, 6.45) is 9.31. The maximum Gasteiger partial charge on any atom is 0.143 e. The van der Waals surface area contributed by atoms with Crippen molar-refractivity contribution in [3.05, 3.63) is 12.2 Å². The van der Waals surface area contributed by atoms with Crippen molar-refractivity contribution in [3.63, 3.8) is 0 Å². The minimum atomic E-state index is 0.0525. The fraction of sp³-hybridized carbons (Fsp3) is 0.824. The van der Waals surface area contributed by atoms with Gasteiger partial charge in [-0.25, -0.2) is 0 Å². The Morgan fingerprint density at radius 3 is 2.33 bits per heavy atom. The summed E-state index contributed by atoms with van der Waals surface area (Å²) in [4.78, 5) is 12.7. The van der Waals surface area contributed by atoms with Gasteiger partial charge in [0.05, 0.1) is 0 Å². The molecule has 100 valence electrons. The highest BCUT2D eigenvalue weighted by molar-refractivity contribution is 5.87. The molecule has 0 aromatic rings. The van der Waals surface area contributed by atoms with E-state index in [4.69, 9.17) is 0 Å². The third kappa shape index (κ3) is 1.87. The first-order valence-corrected chi connectivity index (χ1v) is 7.65. The second-order valence-electron chi connectivity index (χ2n) is 7.76. The Morgan fingerprint density at radius 2 is 1.83 bits per heavy atom. The molecule has 2 atom stereocenters. The second-order valence-corrected chi connectivity index (χ2v) is 7.76. The van der Waals surface area contributed by atoms with E-state index in [1.54, 1.807) is 0 Å². The Kier molecular flexibility index (Phi) is 2.73. The highest BCUT2D eigenvalue weighted by Crippen LogP contribution is 2.65. The van der Waals surface area contributed by atoms with Gasteiger partial charge in [-0.15, -0.1) is 0 Å². The molecule has 4 aliphatic carbocycles. The normalized spacial score (nSPS) is 45.2. The summed E-state index contributed by atoms with van der Waals surface area (Å²) >= 11 is 0. The highest BCUT2D eigenvalue weighted by Gasteiger charge is 2.58. The Labute approximate surface area is 111 Å². The predicted molar refractivity (Wildman–Crippen MR) is 74.3 cm³/mol. The van der Waals surface area contributed by atoms with Crippen LogP contribution in [0.4, 0.5) is 0 Å². The molecule has 4 saturated carbocycles. The van der Waals surface area contributed by atoms with Crippen LogP contribution in [0.15, 0.2) is 12.2 Å². The highest BCUT2D eigenvalue weighted by atomic mass is 16.1. The Balaban J connectivity index is 1.82. The number of hydrogen-bond donors (Lipinski definition) is 0. The van der Waals surface area contributed by atoms with Crippen LogP contribution in [-0.4, -0.2) is 5.78 Å². The molecule has 0 aliphatic heterocycles. The SMILES string of the molecule is C=C(CC)CC(=O)C12CC3CC(CC(C)(C3)C1)C2. The molecule has 2 unspecified atom stereocenters. The van der Waals surface area contributed by atoms with Crippen molar-refractivity contribution < 1.29 is 4.79 Å². The summed E-state index contributed by atoms with van der Waals surface area (Å²) in [5, 5.41) is 0. The van der Waals surface area contributed by atoms with E-state index >= 15 is 0 Å². The average Bonchev–Trinajstić information content (AvgIpc) is 2.25. The van der Waals surface area contributed by atoms with Crippen molar-refractivity contribution in [3.8, 4) is 0 Å². The second kappa shape index (κ2) is 3.95. The molecule has 0 aromatic heterocycles. The van der Waals surface area contributed by atoms with Gasteiger partial charge in [-0.3, -0.25) is 4.79 Å². The third-order valence-corrected chi connectivity index (χ3v) is 5.86. The summed E-state index contributed by atoms with van der Waals surface area (Å²) in [5.41, 5.74) is 1.66. The first-order chi connectivity index (χ1) is 8.45. The average molecular weight is 246 g/mol. The topological polar surface area (TPSA) is 17.1 Å². The number of Topliss-reactive ketones (excluding diaryl/α,β-unsaturated/α-hetero) is 1. The molecule has 0 aromatic carbocycles.